The lowest BCUT2D eigenvalue weighted by Gasteiger charge is -2.41. The fraction of sp³-hybridized carbons (Fsp3) is 0.263. The third kappa shape index (κ3) is 2.40. The number of carbonyl (C=O) groups is 1. The van der Waals surface area contributed by atoms with Crippen molar-refractivity contribution in [3.63, 3.8) is 0 Å². The minimum atomic E-state index is -1.23. The summed E-state index contributed by atoms with van der Waals surface area (Å²) >= 11 is 0. The van der Waals surface area contributed by atoms with Crippen molar-refractivity contribution in [1.82, 2.24) is 5.01 Å². The Morgan fingerprint density at radius 3 is 2.60 bits per heavy atom. The summed E-state index contributed by atoms with van der Waals surface area (Å²) < 4.78 is 19.3. The molecule has 0 aromatic heterocycles. The molecule has 2 aromatic carbocycles. The molecule has 128 valence electrons. The molecule has 1 spiro atoms. The van der Waals surface area contributed by atoms with Crippen LogP contribution in [0.25, 0.3) is 0 Å². The van der Waals surface area contributed by atoms with E-state index in [-0.39, 0.29) is 11.2 Å². The number of fused-ring (bicyclic) bond motifs is 2. The SMILES string of the molecule is CC(=O)N1N=C(C)O[C@]12C[C@H](c1ccccc1)S(=O)c1ccccc12. The molecular weight excluding hydrogens is 336 g/mol. The third-order valence-electron chi connectivity index (χ3n) is 4.61. The van der Waals surface area contributed by atoms with E-state index in [0.29, 0.717) is 17.2 Å². The second-order valence-corrected chi connectivity index (χ2v) is 7.84. The molecule has 2 heterocycles. The molecule has 2 aliphatic rings. The zero-order valence-electron chi connectivity index (χ0n) is 14.0. The maximum atomic E-state index is 13.2. The van der Waals surface area contributed by atoms with E-state index in [1.807, 2.05) is 54.6 Å². The van der Waals surface area contributed by atoms with Gasteiger partial charge < -0.3 is 4.74 Å². The van der Waals surface area contributed by atoms with Gasteiger partial charge in [0.2, 0.25) is 17.5 Å². The van der Waals surface area contributed by atoms with Gasteiger partial charge in [0.1, 0.15) is 0 Å². The maximum Gasteiger partial charge on any atom is 0.243 e. The van der Waals surface area contributed by atoms with E-state index < -0.39 is 16.5 Å². The second-order valence-electron chi connectivity index (χ2n) is 6.23. The molecule has 1 amide bonds. The van der Waals surface area contributed by atoms with Crippen molar-refractivity contribution in [2.45, 2.75) is 36.1 Å². The van der Waals surface area contributed by atoms with Gasteiger partial charge in [-0.2, -0.15) is 5.01 Å². The largest absolute Gasteiger partial charge is 0.447 e. The summed E-state index contributed by atoms with van der Waals surface area (Å²) in [5, 5.41) is 5.41. The minimum Gasteiger partial charge on any atom is -0.447 e. The molecule has 25 heavy (non-hydrogen) atoms. The van der Waals surface area contributed by atoms with Gasteiger partial charge in [-0.3, -0.25) is 9.00 Å². The summed E-state index contributed by atoms with van der Waals surface area (Å²) in [6.07, 6.45) is 0.390. The van der Waals surface area contributed by atoms with Crippen LogP contribution >= 0.6 is 0 Å². The van der Waals surface area contributed by atoms with E-state index in [9.17, 15) is 9.00 Å². The van der Waals surface area contributed by atoms with Crippen molar-refractivity contribution in [3.8, 4) is 0 Å². The van der Waals surface area contributed by atoms with Crippen LogP contribution in [-0.2, 0) is 26.1 Å². The van der Waals surface area contributed by atoms with Crippen LogP contribution in [0.5, 0.6) is 0 Å². The molecule has 3 atom stereocenters. The van der Waals surface area contributed by atoms with Crippen LogP contribution in [0.4, 0.5) is 0 Å². The van der Waals surface area contributed by atoms with Crippen LogP contribution in [0.1, 0.15) is 36.6 Å². The van der Waals surface area contributed by atoms with Crippen molar-refractivity contribution >= 4 is 22.6 Å². The number of hydrazone groups is 1. The van der Waals surface area contributed by atoms with Gasteiger partial charge in [-0.25, -0.2) is 0 Å². The molecule has 0 saturated heterocycles. The predicted molar refractivity (Wildman–Crippen MR) is 95.0 cm³/mol. The lowest BCUT2D eigenvalue weighted by Crippen LogP contribution is -2.48. The number of nitrogens with zero attached hydrogens (tertiary/aromatic N) is 2. The summed E-state index contributed by atoms with van der Waals surface area (Å²) in [5.41, 5.74) is 0.670. The highest BCUT2D eigenvalue weighted by molar-refractivity contribution is 7.85. The van der Waals surface area contributed by atoms with Gasteiger partial charge >= 0.3 is 0 Å². The number of carbonyl (C=O) groups excluding carboxylic acids is 1. The van der Waals surface area contributed by atoms with Gasteiger partial charge in [0.15, 0.2) is 0 Å². The highest BCUT2D eigenvalue weighted by Crippen LogP contribution is 2.51. The Morgan fingerprint density at radius 2 is 1.88 bits per heavy atom. The number of hydrogen-bond acceptors (Lipinski definition) is 4. The molecule has 2 aromatic rings. The Bertz CT molecular complexity index is 897. The molecule has 4 rings (SSSR count). The maximum absolute atomic E-state index is 13.2. The van der Waals surface area contributed by atoms with E-state index in [1.54, 1.807) is 6.92 Å². The molecule has 0 saturated carbocycles. The molecular formula is C19H18N2O3S. The number of benzene rings is 2. The first kappa shape index (κ1) is 16.0. The monoisotopic (exact) mass is 354 g/mol. The topological polar surface area (TPSA) is 59.0 Å². The third-order valence-corrected chi connectivity index (χ3v) is 6.36. The molecule has 2 aliphatic heterocycles. The first-order valence-electron chi connectivity index (χ1n) is 8.13. The van der Waals surface area contributed by atoms with E-state index in [1.165, 1.54) is 11.9 Å². The van der Waals surface area contributed by atoms with E-state index in [2.05, 4.69) is 5.10 Å². The van der Waals surface area contributed by atoms with E-state index in [0.717, 1.165) is 11.1 Å². The zero-order chi connectivity index (χ0) is 17.6. The van der Waals surface area contributed by atoms with Gasteiger partial charge in [0, 0.05) is 30.7 Å². The summed E-state index contributed by atoms with van der Waals surface area (Å²) in [6, 6.07) is 17.2. The summed E-state index contributed by atoms with van der Waals surface area (Å²) in [5.74, 6) is 0.232. The van der Waals surface area contributed by atoms with Gasteiger partial charge in [-0.1, -0.05) is 48.5 Å². The van der Waals surface area contributed by atoms with Crippen molar-refractivity contribution in [2.75, 3.05) is 0 Å². The average molecular weight is 354 g/mol. The predicted octanol–water partition coefficient (Wildman–Crippen LogP) is 3.30. The number of rotatable bonds is 1. The Balaban J connectivity index is 1.92. The fourth-order valence-corrected chi connectivity index (χ4v) is 5.36. The van der Waals surface area contributed by atoms with Gasteiger partial charge in [0.05, 0.1) is 16.0 Å². The average Bonchev–Trinajstić information content (AvgIpc) is 2.96. The van der Waals surface area contributed by atoms with Crippen molar-refractivity contribution in [1.29, 1.82) is 0 Å². The van der Waals surface area contributed by atoms with E-state index in [4.69, 9.17) is 4.74 Å². The highest BCUT2D eigenvalue weighted by atomic mass is 32.2. The van der Waals surface area contributed by atoms with Crippen LogP contribution < -0.4 is 0 Å². The summed E-state index contributed by atoms with van der Waals surface area (Å²) in [7, 11) is -1.23. The summed E-state index contributed by atoms with van der Waals surface area (Å²) in [6.45, 7) is 3.20. The minimum absolute atomic E-state index is 0.203. The number of amides is 1. The molecule has 6 heteroatoms. The van der Waals surface area contributed by atoms with Crippen LogP contribution in [0.15, 0.2) is 64.6 Å². The van der Waals surface area contributed by atoms with Crippen LogP contribution in [0, 0.1) is 0 Å². The lowest BCUT2D eigenvalue weighted by molar-refractivity contribution is -0.151. The highest BCUT2D eigenvalue weighted by Gasteiger charge is 2.54. The van der Waals surface area contributed by atoms with Crippen molar-refractivity contribution in [2.24, 2.45) is 5.10 Å². The van der Waals surface area contributed by atoms with Gasteiger partial charge in [0.25, 0.3) is 0 Å². The lowest BCUT2D eigenvalue weighted by atomic mass is 9.93. The Hall–Kier alpha value is -2.47. The van der Waals surface area contributed by atoms with Gasteiger partial charge in [-0.05, 0) is 11.6 Å². The first-order valence-corrected chi connectivity index (χ1v) is 9.34. The molecule has 0 N–H and O–H groups in total. The Morgan fingerprint density at radius 1 is 1.20 bits per heavy atom. The van der Waals surface area contributed by atoms with Gasteiger partial charge in [-0.15, -0.1) is 5.10 Å². The quantitative estimate of drug-likeness (QED) is 0.789. The van der Waals surface area contributed by atoms with Crippen molar-refractivity contribution < 1.29 is 13.7 Å². The molecule has 0 aliphatic carbocycles. The standard InChI is InChI=1S/C19H18N2O3S/c1-13-20-21(14(2)22)19(24-13)12-18(15-8-4-3-5-9-15)25(23)17-11-7-6-10-16(17)19/h3-11,18H,12H2,1-2H3/t18-,19+,25?/m1/s1. The fourth-order valence-electron chi connectivity index (χ4n) is 3.62. The molecule has 5 nitrogen and oxygen atoms in total. The number of hydrogen-bond donors (Lipinski definition) is 0. The first-order chi connectivity index (χ1) is 12.0. The molecule has 0 bridgehead atoms. The summed E-state index contributed by atoms with van der Waals surface area (Å²) in [4.78, 5) is 13.0. The van der Waals surface area contributed by atoms with E-state index >= 15 is 0 Å². The van der Waals surface area contributed by atoms with Crippen LogP contribution in [-0.4, -0.2) is 21.0 Å². The van der Waals surface area contributed by atoms with Crippen LogP contribution in [0.3, 0.4) is 0 Å². The molecule has 1 unspecified atom stereocenters. The Labute approximate surface area is 148 Å². The smallest absolute Gasteiger partial charge is 0.243 e. The second kappa shape index (κ2) is 5.81. The van der Waals surface area contributed by atoms with Crippen molar-refractivity contribution in [3.05, 3.63) is 65.7 Å². The number of ether oxygens (including phenoxy) is 1. The van der Waals surface area contributed by atoms with Crippen LogP contribution in [0.2, 0.25) is 0 Å². The molecule has 0 fully saturated rings. The Kier molecular flexibility index (Phi) is 3.72. The zero-order valence-corrected chi connectivity index (χ0v) is 14.8. The molecule has 0 radical (unpaired) electrons. The normalized spacial score (nSPS) is 27.6.